The maximum atomic E-state index is 11.1. The highest BCUT2D eigenvalue weighted by Crippen LogP contribution is 2.17. The Bertz CT molecular complexity index is 125. The maximum Gasteiger partial charge on any atom is 0.309 e. The van der Waals surface area contributed by atoms with Crippen LogP contribution in [0, 0.1) is 5.92 Å². The average molecular weight is 176 g/mol. The molecule has 0 spiro atoms. The van der Waals surface area contributed by atoms with Gasteiger partial charge >= 0.3 is 5.97 Å². The number of rotatable bonds is 4. The molecule has 0 fully saturated rings. The van der Waals surface area contributed by atoms with Crippen molar-refractivity contribution >= 4 is 17.7 Å². The van der Waals surface area contributed by atoms with Crippen LogP contribution in [-0.4, -0.2) is 24.1 Å². The van der Waals surface area contributed by atoms with Crippen LogP contribution >= 0.6 is 11.8 Å². The molecule has 0 radical (unpaired) electrons. The molecule has 66 valence electrons. The predicted molar refractivity (Wildman–Crippen MR) is 48.8 cm³/mol. The third-order valence-electron chi connectivity index (χ3n) is 1.73. The lowest BCUT2D eigenvalue weighted by molar-refractivity contribution is -0.147. The van der Waals surface area contributed by atoms with Gasteiger partial charge < -0.3 is 4.74 Å². The molecule has 0 aromatic rings. The SMILES string of the molecule is CCOC(=O)C(C)C(C)SC. The molecule has 11 heavy (non-hydrogen) atoms. The second kappa shape index (κ2) is 5.47. The largest absolute Gasteiger partial charge is 0.466 e. The van der Waals surface area contributed by atoms with Gasteiger partial charge in [-0.3, -0.25) is 4.79 Å². The number of esters is 1. The smallest absolute Gasteiger partial charge is 0.309 e. The molecule has 3 heteroatoms. The summed E-state index contributed by atoms with van der Waals surface area (Å²) in [5.74, 6) is -0.0840. The van der Waals surface area contributed by atoms with Crippen molar-refractivity contribution < 1.29 is 9.53 Å². The van der Waals surface area contributed by atoms with Gasteiger partial charge in [-0.15, -0.1) is 0 Å². The van der Waals surface area contributed by atoms with Crippen LogP contribution in [0.4, 0.5) is 0 Å². The molecule has 2 unspecified atom stereocenters. The fourth-order valence-electron chi connectivity index (χ4n) is 0.669. The zero-order valence-electron chi connectivity index (χ0n) is 7.59. The molecule has 0 heterocycles. The summed E-state index contributed by atoms with van der Waals surface area (Å²) in [6.07, 6.45) is 2.00. The van der Waals surface area contributed by atoms with Gasteiger partial charge in [0.05, 0.1) is 12.5 Å². The van der Waals surface area contributed by atoms with Gasteiger partial charge in [-0.05, 0) is 13.2 Å². The van der Waals surface area contributed by atoms with Gasteiger partial charge in [0.1, 0.15) is 0 Å². The molecule has 0 aliphatic rings. The van der Waals surface area contributed by atoms with Crippen LogP contribution < -0.4 is 0 Å². The second-order valence-electron chi connectivity index (χ2n) is 2.48. The zero-order chi connectivity index (χ0) is 8.85. The van der Waals surface area contributed by atoms with Crippen molar-refractivity contribution in [2.45, 2.75) is 26.0 Å². The van der Waals surface area contributed by atoms with Gasteiger partial charge in [0.2, 0.25) is 0 Å². The summed E-state index contributed by atoms with van der Waals surface area (Å²) in [5.41, 5.74) is 0. The van der Waals surface area contributed by atoms with E-state index >= 15 is 0 Å². The molecule has 0 saturated carbocycles. The molecule has 0 aliphatic heterocycles. The molecule has 0 aromatic carbocycles. The average Bonchev–Trinajstić information content (AvgIpc) is 2.02. The minimum absolute atomic E-state index is 0.00458. The fourth-order valence-corrected chi connectivity index (χ4v) is 1.19. The highest BCUT2D eigenvalue weighted by molar-refractivity contribution is 7.99. The van der Waals surface area contributed by atoms with Crippen molar-refractivity contribution in [2.24, 2.45) is 5.92 Å². The summed E-state index contributed by atoms with van der Waals surface area (Å²) in [5, 5.41) is 0.342. The van der Waals surface area contributed by atoms with E-state index in [-0.39, 0.29) is 11.9 Å². The first-order valence-electron chi connectivity index (χ1n) is 3.82. The highest BCUT2D eigenvalue weighted by Gasteiger charge is 2.19. The summed E-state index contributed by atoms with van der Waals surface area (Å²) < 4.78 is 4.87. The summed E-state index contributed by atoms with van der Waals surface area (Å²) in [7, 11) is 0. The summed E-state index contributed by atoms with van der Waals surface area (Å²) in [4.78, 5) is 11.1. The minimum atomic E-state index is -0.0886. The lowest BCUT2D eigenvalue weighted by Gasteiger charge is -2.15. The zero-order valence-corrected chi connectivity index (χ0v) is 8.40. The van der Waals surface area contributed by atoms with E-state index < -0.39 is 0 Å². The van der Waals surface area contributed by atoms with Gasteiger partial charge in [-0.1, -0.05) is 13.8 Å². The molecule has 0 aromatic heterocycles. The number of ether oxygens (including phenoxy) is 1. The summed E-state index contributed by atoms with van der Waals surface area (Å²) >= 11 is 1.69. The van der Waals surface area contributed by atoms with Crippen LogP contribution in [-0.2, 0) is 9.53 Å². The van der Waals surface area contributed by atoms with Crippen LogP contribution in [0.25, 0.3) is 0 Å². The molecule has 0 amide bonds. The third-order valence-corrected chi connectivity index (χ3v) is 2.89. The molecule has 0 saturated heterocycles. The van der Waals surface area contributed by atoms with Crippen molar-refractivity contribution in [3.8, 4) is 0 Å². The molecule has 2 nitrogen and oxygen atoms in total. The molecule has 0 aliphatic carbocycles. The summed E-state index contributed by atoms with van der Waals surface area (Å²) in [6, 6.07) is 0. The molecule has 0 N–H and O–H groups in total. The molecule has 0 rings (SSSR count). The Hall–Kier alpha value is -0.180. The topological polar surface area (TPSA) is 26.3 Å². The number of hydrogen-bond acceptors (Lipinski definition) is 3. The van der Waals surface area contributed by atoms with Crippen molar-refractivity contribution in [1.29, 1.82) is 0 Å². The highest BCUT2D eigenvalue weighted by atomic mass is 32.2. The van der Waals surface area contributed by atoms with E-state index in [1.807, 2.05) is 27.0 Å². The molecule has 2 atom stereocenters. The van der Waals surface area contributed by atoms with Crippen molar-refractivity contribution in [3.63, 3.8) is 0 Å². The Labute approximate surface area is 72.7 Å². The van der Waals surface area contributed by atoms with E-state index in [0.717, 1.165) is 0 Å². The van der Waals surface area contributed by atoms with Crippen LogP contribution in [0.5, 0.6) is 0 Å². The standard InChI is InChI=1S/C8H16O2S/c1-5-10-8(9)6(2)7(3)11-4/h6-7H,5H2,1-4H3. The first-order chi connectivity index (χ1) is 5.13. The van der Waals surface area contributed by atoms with Crippen LogP contribution in [0.1, 0.15) is 20.8 Å². The molecular weight excluding hydrogens is 160 g/mol. The molecule has 0 bridgehead atoms. The lowest BCUT2D eigenvalue weighted by Crippen LogP contribution is -2.22. The Kier molecular flexibility index (Phi) is 5.38. The Morgan fingerprint density at radius 3 is 2.45 bits per heavy atom. The van der Waals surface area contributed by atoms with Gasteiger partial charge in [-0.25, -0.2) is 0 Å². The first kappa shape index (κ1) is 10.8. The van der Waals surface area contributed by atoms with Crippen LogP contribution in [0.2, 0.25) is 0 Å². The predicted octanol–water partition coefficient (Wildman–Crippen LogP) is 1.94. The quantitative estimate of drug-likeness (QED) is 0.612. The Morgan fingerprint density at radius 2 is 2.09 bits per heavy atom. The summed E-state index contributed by atoms with van der Waals surface area (Å²) in [6.45, 7) is 6.24. The number of thioether (sulfide) groups is 1. The van der Waals surface area contributed by atoms with E-state index in [0.29, 0.717) is 11.9 Å². The van der Waals surface area contributed by atoms with Gasteiger partial charge in [0.15, 0.2) is 0 Å². The van der Waals surface area contributed by atoms with Crippen molar-refractivity contribution in [1.82, 2.24) is 0 Å². The van der Waals surface area contributed by atoms with Gasteiger partial charge in [0, 0.05) is 5.25 Å². The maximum absolute atomic E-state index is 11.1. The van der Waals surface area contributed by atoms with Crippen LogP contribution in [0.15, 0.2) is 0 Å². The number of hydrogen-bond donors (Lipinski definition) is 0. The normalized spacial score (nSPS) is 15.6. The Morgan fingerprint density at radius 1 is 1.55 bits per heavy atom. The van der Waals surface area contributed by atoms with E-state index in [1.165, 1.54) is 0 Å². The Balaban J connectivity index is 3.80. The number of carbonyl (C=O) groups excluding carboxylic acids is 1. The van der Waals surface area contributed by atoms with E-state index in [4.69, 9.17) is 4.74 Å². The number of carbonyl (C=O) groups is 1. The van der Waals surface area contributed by atoms with Crippen molar-refractivity contribution in [2.75, 3.05) is 12.9 Å². The molecular formula is C8H16O2S. The fraction of sp³-hybridized carbons (Fsp3) is 0.875. The first-order valence-corrected chi connectivity index (χ1v) is 5.11. The monoisotopic (exact) mass is 176 g/mol. The van der Waals surface area contributed by atoms with E-state index in [1.54, 1.807) is 11.8 Å². The minimum Gasteiger partial charge on any atom is -0.466 e. The van der Waals surface area contributed by atoms with Crippen molar-refractivity contribution in [3.05, 3.63) is 0 Å². The second-order valence-corrected chi connectivity index (χ2v) is 3.70. The van der Waals surface area contributed by atoms with Crippen LogP contribution in [0.3, 0.4) is 0 Å². The van der Waals surface area contributed by atoms with E-state index in [2.05, 4.69) is 0 Å². The third kappa shape index (κ3) is 3.65. The lowest BCUT2D eigenvalue weighted by atomic mass is 10.1. The van der Waals surface area contributed by atoms with Gasteiger partial charge in [-0.2, -0.15) is 11.8 Å². The van der Waals surface area contributed by atoms with E-state index in [9.17, 15) is 4.79 Å². The van der Waals surface area contributed by atoms with Gasteiger partial charge in [0.25, 0.3) is 0 Å².